The van der Waals surface area contributed by atoms with Gasteiger partial charge in [0.05, 0.1) is 0 Å². The summed E-state index contributed by atoms with van der Waals surface area (Å²) in [5.41, 5.74) is 1.85. The maximum Gasteiger partial charge on any atom is 0.253 e. The third-order valence-electron chi connectivity index (χ3n) is 3.88. The highest BCUT2D eigenvalue weighted by atomic mass is 16.2. The summed E-state index contributed by atoms with van der Waals surface area (Å²) in [5, 5.41) is 3.28. The average molecular weight is 297 g/mol. The van der Waals surface area contributed by atoms with Gasteiger partial charge in [0.25, 0.3) is 5.91 Å². The van der Waals surface area contributed by atoms with Crippen molar-refractivity contribution in [1.82, 2.24) is 15.2 Å². The predicted octanol–water partition coefficient (Wildman–Crippen LogP) is 1.68. The minimum absolute atomic E-state index is 0.0318. The van der Waals surface area contributed by atoms with Crippen molar-refractivity contribution in [3.63, 3.8) is 0 Å². The van der Waals surface area contributed by atoms with Crippen LogP contribution in [-0.4, -0.2) is 47.8 Å². The SMILES string of the molecule is O=C(c1ccc(C(=O)N2CCCNCC2)cc1)c1cc[nH]c1. The Morgan fingerprint density at radius 3 is 2.41 bits per heavy atom. The molecule has 1 amide bonds. The Labute approximate surface area is 129 Å². The number of H-pyrrole nitrogens is 1. The van der Waals surface area contributed by atoms with Crippen LogP contribution in [0, 0.1) is 0 Å². The number of amides is 1. The lowest BCUT2D eigenvalue weighted by Crippen LogP contribution is -2.34. The van der Waals surface area contributed by atoms with Gasteiger partial charge >= 0.3 is 0 Å². The molecule has 1 aliphatic heterocycles. The first kappa shape index (κ1) is 14.5. The normalized spacial score (nSPS) is 15.4. The minimum atomic E-state index is -0.0424. The Morgan fingerprint density at radius 2 is 1.68 bits per heavy atom. The zero-order chi connectivity index (χ0) is 15.4. The second-order valence-corrected chi connectivity index (χ2v) is 5.40. The van der Waals surface area contributed by atoms with Crippen molar-refractivity contribution in [3.8, 4) is 0 Å². The first-order valence-electron chi connectivity index (χ1n) is 7.53. The van der Waals surface area contributed by atoms with E-state index in [1.54, 1.807) is 42.7 Å². The monoisotopic (exact) mass is 297 g/mol. The lowest BCUT2D eigenvalue weighted by molar-refractivity contribution is 0.0766. The van der Waals surface area contributed by atoms with Gasteiger partial charge in [0.15, 0.2) is 5.78 Å². The molecule has 1 fully saturated rings. The Balaban J connectivity index is 1.73. The largest absolute Gasteiger partial charge is 0.367 e. The summed E-state index contributed by atoms with van der Waals surface area (Å²) in [6, 6.07) is 8.66. The van der Waals surface area contributed by atoms with Crippen LogP contribution in [0.15, 0.2) is 42.7 Å². The molecule has 0 saturated carbocycles. The van der Waals surface area contributed by atoms with Crippen molar-refractivity contribution < 1.29 is 9.59 Å². The van der Waals surface area contributed by atoms with E-state index in [0.29, 0.717) is 16.7 Å². The van der Waals surface area contributed by atoms with Gasteiger partial charge in [-0.15, -0.1) is 0 Å². The second-order valence-electron chi connectivity index (χ2n) is 5.40. The van der Waals surface area contributed by atoms with E-state index in [4.69, 9.17) is 0 Å². The van der Waals surface area contributed by atoms with Gasteiger partial charge in [-0.3, -0.25) is 9.59 Å². The summed E-state index contributed by atoms with van der Waals surface area (Å²) >= 11 is 0. The number of hydrogen-bond donors (Lipinski definition) is 2. The van der Waals surface area contributed by atoms with E-state index < -0.39 is 0 Å². The Bertz CT molecular complexity index is 639. The van der Waals surface area contributed by atoms with E-state index >= 15 is 0 Å². The lowest BCUT2D eigenvalue weighted by Gasteiger charge is -2.20. The fourth-order valence-corrected chi connectivity index (χ4v) is 2.63. The third kappa shape index (κ3) is 3.09. The van der Waals surface area contributed by atoms with Gasteiger partial charge in [-0.05, 0) is 31.2 Å². The third-order valence-corrected chi connectivity index (χ3v) is 3.88. The molecule has 3 rings (SSSR count). The second kappa shape index (κ2) is 6.58. The van der Waals surface area contributed by atoms with Crippen LogP contribution in [-0.2, 0) is 0 Å². The van der Waals surface area contributed by atoms with Crippen LogP contribution in [0.3, 0.4) is 0 Å². The number of aromatic amines is 1. The summed E-state index contributed by atoms with van der Waals surface area (Å²) in [6.07, 6.45) is 4.36. The summed E-state index contributed by atoms with van der Waals surface area (Å²) < 4.78 is 0. The van der Waals surface area contributed by atoms with E-state index in [9.17, 15) is 9.59 Å². The molecule has 0 unspecified atom stereocenters. The fraction of sp³-hybridized carbons (Fsp3) is 0.294. The highest BCUT2D eigenvalue weighted by Gasteiger charge is 2.17. The summed E-state index contributed by atoms with van der Waals surface area (Å²) in [6.45, 7) is 3.28. The number of benzene rings is 1. The van der Waals surface area contributed by atoms with Gasteiger partial charge in [0.2, 0.25) is 0 Å². The fourth-order valence-electron chi connectivity index (χ4n) is 2.63. The zero-order valence-corrected chi connectivity index (χ0v) is 12.3. The van der Waals surface area contributed by atoms with Crippen LogP contribution in [0.5, 0.6) is 0 Å². The van der Waals surface area contributed by atoms with Crippen molar-refractivity contribution >= 4 is 11.7 Å². The maximum atomic E-state index is 12.5. The molecule has 0 radical (unpaired) electrons. The number of nitrogens with one attached hydrogen (secondary N) is 2. The van der Waals surface area contributed by atoms with Crippen molar-refractivity contribution in [1.29, 1.82) is 0 Å². The van der Waals surface area contributed by atoms with Gasteiger partial charge in [-0.25, -0.2) is 0 Å². The molecule has 1 saturated heterocycles. The Morgan fingerprint density at radius 1 is 0.909 bits per heavy atom. The molecule has 0 spiro atoms. The van der Waals surface area contributed by atoms with E-state index in [0.717, 1.165) is 32.6 Å². The van der Waals surface area contributed by atoms with E-state index in [1.165, 1.54) is 0 Å². The number of nitrogens with zero attached hydrogens (tertiary/aromatic N) is 1. The zero-order valence-electron chi connectivity index (χ0n) is 12.3. The van der Waals surface area contributed by atoms with Crippen LogP contribution in [0.2, 0.25) is 0 Å². The summed E-state index contributed by atoms with van der Waals surface area (Å²) in [7, 11) is 0. The molecule has 5 heteroatoms. The van der Waals surface area contributed by atoms with Crippen molar-refractivity contribution in [2.75, 3.05) is 26.2 Å². The van der Waals surface area contributed by atoms with Gasteiger partial charge in [0, 0.05) is 48.7 Å². The van der Waals surface area contributed by atoms with Gasteiger partial charge in [0.1, 0.15) is 0 Å². The standard InChI is InChI=1S/C17H19N3O2/c21-16(15-6-8-19-12-15)13-2-4-14(5-3-13)17(22)20-10-1-7-18-9-11-20/h2-6,8,12,18-19H,1,7,9-11H2. The Kier molecular flexibility index (Phi) is 4.34. The molecule has 1 aliphatic rings. The summed E-state index contributed by atoms with van der Waals surface area (Å²) in [5.74, 6) is -0.0106. The first-order chi connectivity index (χ1) is 10.8. The van der Waals surface area contributed by atoms with Crippen LogP contribution >= 0.6 is 0 Å². The molecule has 22 heavy (non-hydrogen) atoms. The number of carbonyl (C=O) groups excluding carboxylic acids is 2. The van der Waals surface area contributed by atoms with Gasteiger partial charge < -0.3 is 15.2 Å². The molecule has 0 bridgehead atoms. The van der Waals surface area contributed by atoms with Crippen LogP contribution in [0.25, 0.3) is 0 Å². The van der Waals surface area contributed by atoms with Crippen LogP contribution in [0.4, 0.5) is 0 Å². The highest BCUT2D eigenvalue weighted by molar-refractivity contribution is 6.09. The number of hydrogen-bond acceptors (Lipinski definition) is 3. The number of ketones is 1. The number of rotatable bonds is 3. The minimum Gasteiger partial charge on any atom is -0.367 e. The molecular weight excluding hydrogens is 278 g/mol. The topological polar surface area (TPSA) is 65.2 Å². The molecule has 114 valence electrons. The first-order valence-corrected chi connectivity index (χ1v) is 7.53. The smallest absolute Gasteiger partial charge is 0.253 e. The van der Waals surface area contributed by atoms with E-state index in [1.807, 2.05) is 4.90 Å². The molecule has 0 atom stereocenters. The van der Waals surface area contributed by atoms with Crippen LogP contribution < -0.4 is 5.32 Å². The van der Waals surface area contributed by atoms with E-state index in [2.05, 4.69) is 10.3 Å². The predicted molar refractivity (Wildman–Crippen MR) is 84.1 cm³/mol. The molecule has 1 aromatic carbocycles. The molecular formula is C17H19N3O2. The highest BCUT2D eigenvalue weighted by Crippen LogP contribution is 2.13. The average Bonchev–Trinajstić information content (AvgIpc) is 2.96. The number of carbonyl (C=O) groups is 2. The van der Waals surface area contributed by atoms with Gasteiger partial charge in [-0.2, -0.15) is 0 Å². The molecule has 2 heterocycles. The molecule has 0 aliphatic carbocycles. The van der Waals surface area contributed by atoms with Crippen LogP contribution in [0.1, 0.15) is 32.7 Å². The van der Waals surface area contributed by atoms with Crippen molar-refractivity contribution in [2.45, 2.75) is 6.42 Å². The summed E-state index contributed by atoms with van der Waals surface area (Å²) in [4.78, 5) is 29.4. The maximum absolute atomic E-state index is 12.5. The van der Waals surface area contributed by atoms with E-state index in [-0.39, 0.29) is 11.7 Å². The quantitative estimate of drug-likeness (QED) is 0.847. The molecule has 1 aromatic heterocycles. The van der Waals surface area contributed by atoms with Gasteiger partial charge in [-0.1, -0.05) is 12.1 Å². The molecule has 5 nitrogen and oxygen atoms in total. The van der Waals surface area contributed by atoms with Crippen molar-refractivity contribution in [3.05, 3.63) is 59.4 Å². The molecule has 2 aromatic rings. The van der Waals surface area contributed by atoms with Crippen molar-refractivity contribution in [2.24, 2.45) is 0 Å². The molecule has 2 N–H and O–H groups in total. The lowest BCUT2D eigenvalue weighted by atomic mass is 10.0. The number of aromatic nitrogens is 1. The Hall–Kier alpha value is -2.40.